The third-order valence-corrected chi connectivity index (χ3v) is 21.9. The van der Waals surface area contributed by atoms with Crippen LogP contribution >= 0.6 is 6.60 Å². The second-order valence-electron chi connectivity index (χ2n) is 12.0. The predicted octanol–water partition coefficient (Wildman–Crippen LogP) is 4.24. The van der Waals surface area contributed by atoms with Gasteiger partial charge in [0.2, 0.25) is 0 Å². The summed E-state index contributed by atoms with van der Waals surface area (Å²) in [5.41, 5.74) is 4.45. The van der Waals surface area contributed by atoms with Gasteiger partial charge in [0.25, 0.3) is 0 Å². The summed E-state index contributed by atoms with van der Waals surface area (Å²) >= 11 is 0. The molecule has 2 aromatic heterocycles. The van der Waals surface area contributed by atoms with Gasteiger partial charge in [-0.05, 0) is 0 Å². The summed E-state index contributed by atoms with van der Waals surface area (Å²) in [5.74, 6) is 0. The molecule has 0 fully saturated rings. The van der Waals surface area contributed by atoms with Crippen molar-refractivity contribution in [2.45, 2.75) is 18.6 Å². The molecule has 235 valence electrons. The van der Waals surface area contributed by atoms with Gasteiger partial charge in [-0.25, -0.2) is 0 Å². The van der Waals surface area contributed by atoms with Crippen LogP contribution < -0.4 is 20.6 Å². The van der Waals surface area contributed by atoms with E-state index in [1.807, 2.05) is 49.2 Å². The fourth-order valence-electron chi connectivity index (χ4n) is 7.14. The Morgan fingerprint density at radius 3 is 1.85 bits per heavy atom. The Hall–Kier alpha value is -3.80. The van der Waals surface area contributed by atoms with E-state index >= 15 is 0 Å². The van der Waals surface area contributed by atoms with Crippen molar-refractivity contribution >= 4 is 74.7 Å². The summed E-state index contributed by atoms with van der Waals surface area (Å²) in [6, 6.07) is 43.8. The molecule has 0 aliphatic carbocycles. The van der Waals surface area contributed by atoms with Crippen molar-refractivity contribution in [2.75, 3.05) is 6.16 Å². The topological polar surface area (TPSA) is 67.6 Å². The van der Waals surface area contributed by atoms with E-state index in [9.17, 15) is 0 Å². The third kappa shape index (κ3) is 6.60. The van der Waals surface area contributed by atoms with Crippen molar-refractivity contribution in [1.29, 1.82) is 0 Å². The molecular weight excluding hydrogens is 678 g/mol. The van der Waals surface area contributed by atoms with Crippen LogP contribution in [0.25, 0.3) is 11.4 Å². The Labute approximate surface area is 294 Å². The fourth-order valence-corrected chi connectivity index (χ4v) is 18.7. The Balaban J connectivity index is 1.75. The summed E-state index contributed by atoms with van der Waals surface area (Å²) < 4.78 is 21.8. The number of hydrogen-bond acceptors (Lipinski definition) is 5. The molecule has 0 amide bonds. The Morgan fingerprint density at radius 2 is 1.29 bits per heavy atom. The molecule has 0 bridgehead atoms. The first-order valence-electron chi connectivity index (χ1n) is 15.8. The van der Waals surface area contributed by atoms with Crippen LogP contribution in [0.4, 0.5) is 0 Å². The van der Waals surface area contributed by atoms with E-state index in [2.05, 4.69) is 135 Å². The van der Waals surface area contributed by atoms with Gasteiger partial charge in [0.1, 0.15) is 0 Å². The zero-order chi connectivity index (χ0) is 33.3. The molecule has 48 heavy (non-hydrogen) atoms. The molecule has 11 heteroatoms. The van der Waals surface area contributed by atoms with Crippen molar-refractivity contribution in [3.63, 3.8) is 0 Å². The normalized spacial score (nSPS) is 13.7. The summed E-state index contributed by atoms with van der Waals surface area (Å²) in [5, 5.41) is 3.81. The first-order valence-corrected chi connectivity index (χ1v) is 21.8. The van der Waals surface area contributed by atoms with Crippen molar-refractivity contribution in [3.8, 4) is 11.4 Å². The summed E-state index contributed by atoms with van der Waals surface area (Å²) in [4.78, 5) is 9.96. The molecule has 9 radical (unpaired) electrons. The Bertz CT molecular complexity index is 1880. The third-order valence-electron chi connectivity index (χ3n) is 9.43. The van der Waals surface area contributed by atoms with Gasteiger partial charge in [-0.2, -0.15) is 0 Å². The van der Waals surface area contributed by atoms with Gasteiger partial charge in [0.15, 0.2) is 0 Å². The molecule has 3 heterocycles. The zero-order valence-corrected chi connectivity index (χ0v) is 31.3. The first-order chi connectivity index (χ1) is 23.5. The van der Waals surface area contributed by atoms with Gasteiger partial charge in [0.05, 0.1) is 0 Å². The molecule has 0 N–H and O–H groups in total. The van der Waals surface area contributed by atoms with Crippen LogP contribution in [0.3, 0.4) is 0 Å². The van der Waals surface area contributed by atoms with Crippen LogP contribution in [-0.2, 0) is 18.5 Å². The van der Waals surface area contributed by atoms with Gasteiger partial charge in [-0.3, -0.25) is 0 Å². The predicted molar refractivity (Wildman–Crippen MR) is 204 cm³/mol. The van der Waals surface area contributed by atoms with Crippen LogP contribution in [-0.4, -0.2) is 68.3 Å². The molecule has 6 rings (SSSR count). The maximum absolute atomic E-state index is 5.67. The number of hydrogen-bond donors (Lipinski definition) is 0. The van der Waals surface area contributed by atoms with Gasteiger partial charge in [-0.1, -0.05) is 0 Å². The van der Waals surface area contributed by atoms with E-state index in [0.29, 0.717) is 6.04 Å². The number of aromatic nitrogens is 2. The summed E-state index contributed by atoms with van der Waals surface area (Å²) in [6.07, 6.45) is 11.9. The van der Waals surface area contributed by atoms with Gasteiger partial charge >= 0.3 is 295 Å². The second-order valence-corrected chi connectivity index (χ2v) is 22.3. The van der Waals surface area contributed by atoms with Crippen LogP contribution in [0.15, 0.2) is 140 Å². The minimum absolute atomic E-state index is 0.534. The quantitative estimate of drug-likeness (QED) is 0.0747. The van der Waals surface area contributed by atoms with Gasteiger partial charge in [-0.15, -0.1) is 0 Å². The van der Waals surface area contributed by atoms with E-state index in [1.165, 1.54) is 21.5 Å². The average molecular weight is 712 g/mol. The molecule has 0 spiro atoms. The molecule has 0 saturated carbocycles. The Kier molecular flexibility index (Phi) is 10.8. The molecule has 6 nitrogen and oxygen atoms in total. The number of nitrogens with zero attached hydrogens (tertiary/aromatic N) is 3. The fraction of sp³-hybridized carbons (Fsp3) is 0.108. The SMILES string of the molecule is [Si]O[Si](CCC[PH-](Cc1ccccc1)(c1ccccc1)(c1ccccc1)c1cc(C2=[N+]=C[CH+]C=C2)nc(-c2ccccn2)c1)(O[Si])O[Si]. The molecule has 0 unspecified atom stereocenters. The van der Waals surface area contributed by atoms with Crippen molar-refractivity contribution < 1.29 is 12.3 Å². The van der Waals surface area contributed by atoms with E-state index < -0.39 is 15.4 Å². The number of benzene rings is 3. The first kappa shape index (κ1) is 34.1. The monoisotopic (exact) mass is 711 g/mol. The van der Waals surface area contributed by atoms with E-state index in [1.54, 1.807) is 0 Å². The van der Waals surface area contributed by atoms with E-state index in [4.69, 9.17) is 27.0 Å². The van der Waals surface area contributed by atoms with Crippen molar-refractivity contribution in [1.82, 2.24) is 14.6 Å². The molecule has 1 aliphatic rings. The van der Waals surface area contributed by atoms with Crippen molar-refractivity contribution in [2.24, 2.45) is 0 Å². The standard InChI is InChI=1S/C37H34N3O3PSi4/c45-41-48(42-46,43-47)26-14-25-44(31-17-6-2-7-18-31,32-19-8-3-9-20-32,29-30-15-4-1-5-16-30)33-27-36(34-21-10-12-23-38-34)40-37(28-33)35-22-11-13-24-39-35/h1-13,15-24,27-28,44H,14,25-26,29H2/q+1. The maximum atomic E-state index is 5.67. The van der Waals surface area contributed by atoms with Crippen molar-refractivity contribution in [3.05, 3.63) is 157 Å². The number of rotatable bonds is 14. The molecule has 1 aliphatic heterocycles. The van der Waals surface area contributed by atoms with Crippen LogP contribution in [0.5, 0.6) is 0 Å². The van der Waals surface area contributed by atoms with Crippen LogP contribution in [0, 0.1) is 6.42 Å². The zero-order valence-electron chi connectivity index (χ0n) is 26.3. The Morgan fingerprint density at radius 1 is 0.688 bits per heavy atom. The van der Waals surface area contributed by atoms with E-state index in [0.717, 1.165) is 41.5 Å². The molecule has 0 atom stereocenters. The van der Waals surface area contributed by atoms with E-state index in [-0.39, 0.29) is 0 Å². The van der Waals surface area contributed by atoms with Crippen LogP contribution in [0.2, 0.25) is 6.04 Å². The average Bonchev–Trinajstić information content (AvgIpc) is 3.18. The van der Waals surface area contributed by atoms with Gasteiger partial charge < -0.3 is 0 Å². The molecule has 3 aromatic carbocycles. The van der Waals surface area contributed by atoms with Crippen LogP contribution in [0.1, 0.15) is 17.7 Å². The van der Waals surface area contributed by atoms with Gasteiger partial charge in [0, 0.05) is 0 Å². The molecule has 5 aromatic rings. The summed E-state index contributed by atoms with van der Waals surface area (Å²) in [7, 11) is 6.59. The summed E-state index contributed by atoms with van der Waals surface area (Å²) in [6.45, 7) is -3.90. The minimum atomic E-state index is -3.90. The second kappa shape index (κ2) is 15.2. The number of allylic oxidation sites excluding steroid dienone is 2. The molecule has 0 saturated heterocycles. The number of pyridine rings is 2. The molecular formula is C37H34N3O3PSi4+.